The van der Waals surface area contributed by atoms with Gasteiger partial charge < -0.3 is 4.74 Å². The second-order valence-corrected chi connectivity index (χ2v) is 12.9. The van der Waals surface area contributed by atoms with Crippen molar-refractivity contribution in [2.24, 2.45) is 0 Å². The first-order valence-electron chi connectivity index (χ1n) is 8.30. The van der Waals surface area contributed by atoms with Crippen LogP contribution in [0.3, 0.4) is 0 Å². The van der Waals surface area contributed by atoms with Crippen molar-refractivity contribution in [3.05, 3.63) is 36.4 Å². The Bertz CT molecular complexity index is 880. The molecule has 0 fully saturated rings. The van der Waals surface area contributed by atoms with Gasteiger partial charge in [-0.2, -0.15) is 10.2 Å². The summed E-state index contributed by atoms with van der Waals surface area (Å²) in [5, 5.41) is 9.41. The summed E-state index contributed by atoms with van der Waals surface area (Å²) in [6, 6.07) is 4.79. The van der Waals surface area contributed by atoms with Crippen molar-refractivity contribution >= 4 is 24.9 Å². The van der Waals surface area contributed by atoms with E-state index in [-0.39, 0.29) is 5.78 Å². The van der Waals surface area contributed by atoms with Crippen LogP contribution in [0.15, 0.2) is 30.7 Å². The predicted molar refractivity (Wildman–Crippen MR) is 98.8 cm³/mol. The van der Waals surface area contributed by atoms with E-state index in [9.17, 15) is 4.79 Å². The minimum Gasteiger partial charge on any atom is -0.359 e. The van der Waals surface area contributed by atoms with E-state index >= 15 is 0 Å². The summed E-state index contributed by atoms with van der Waals surface area (Å²) >= 11 is 0. The number of Topliss-reactive ketones (excluding diaryl/α,β-unsaturated/α-hetero) is 1. The highest BCUT2D eigenvalue weighted by Gasteiger charge is 2.16. The molecule has 0 aliphatic carbocycles. The third kappa shape index (κ3) is 4.02. The number of hydrogen-bond donors (Lipinski definition) is 0. The zero-order valence-corrected chi connectivity index (χ0v) is 16.1. The highest BCUT2D eigenvalue weighted by atomic mass is 28.3. The van der Waals surface area contributed by atoms with E-state index in [1.165, 1.54) is 6.92 Å². The second-order valence-electron chi connectivity index (χ2n) is 7.27. The molecule has 3 heterocycles. The minimum atomic E-state index is -1.12. The van der Waals surface area contributed by atoms with Crippen LogP contribution in [-0.4, -0.2) is 45.0 Å². The van der Waals surface area contributed by atoms with Crippen LogP contribution >= 0.6 is 0 Å². The van der Waals surface area contributed by atoms with Gasteiger partial charge in [0.25, 0.3) is 0 Å². The molecule has 0 aromatic carbocycles. The number of ketones is 1. The molecule has 3 aromatic rings. The van der Waals surface area contributed by atoms with Gasteiger partial charge in [0.15, 0.2) is 11.4 Å². The lowest BCUT2D eigenvalue weighted by molar-refractivity contribution is 0.0812. The summed E-state index contributed by atoms with van der Waals surface area (Å²) in [4.78, 5) is 16.6. The Kier molecular flexibility index (Phi) is 4.82. The fourth-order valence-corrected chi connectivity index (χ4v) is 3.22. The van der Waals surface area contributed by atoms with E-state index < -0.39 is 8.07 Å². The maximum atomic E-state index is 12.0. The molecule has 0 spiro atoms. The molecule has 3 rings (SSSR count). The van der Waals surface area contributed by atoms with Gasteiger partial charge in [-0.25, -0.2) is 14.3 Å². The van der Waals surface area contributed by atoms with Gasteiger partial charge in [-0.15, -0.1) is 0 Å². The number of nitrogens with zero attached hydrogens (tertiary/aromatic N) is 5. The van der Waals surface area contributed by atoms with Crippen molar-refractivity contribution in [3.8, 4) is 5.69 Å². The quantitative estimate of drug-likeness (QED) is 0.369. The first kappa shape index (κ1) is 17.5. The average Bonchev–Trinajstić information content (AvgIpc) is 3.19. The monoisotopic (exact) mass is 357 g/mol. The molecule has 3 aromatic heterocycles. The molecule has 0 aliphatic rings. The minimum absolute atomic E-state index is 0.111. The van der Waals surface area contributed by atoms with Crippen LogP contribution in [0.5, 0.6) is 0 Å². The summed E-state index contributed by atoms with van der Waals surface area (Å²) in [6.07, 6.45) is 5.20. The molecule has 0 N–H and O–H groups in total. The van der Waals surface area contributed by atoms with E-state index in [1.807, 2.05) is 12.1 Å². The van der Waals surface area contributed by atoms with Crippen LogP contribution in [0.2, 0.25) is 25.7 Å². The molecular formula is C17H23N5O2Si. The molecule has 132 valence electrons. The summed E-state index contributed by atoms with van der Waals surface area (Å²) < 4.78 is 9.09. The SMILES string of the molecule is CC(=O)c1nc2c(cnn2COCC[Si](C)(C)C)cc1-n1cccn1. The molecule has 0 radical (unpaired) electrons. The molecule has 0 saturated carbocycles. The second kappa shape index (κ2) is 6.89. The molecule has 0 saturated heterocycles. The van der Waals surface area contributed by atoms with Gasteiger partial charge in [0.1, 0.15) is 12.4 Å². The third-order valence-electron chi connectivity index (χ3n) is 3.89. The average molecular weight is 357 g/mol. The van der Waals surface area contributed by atoms with Crippen molar-refractivity contribution in [2.45, 2.75) is 39.3 Å². The summed E-state index contributed by atoms with van der Waals surface area (Å²) in [6.45, 7) is 9.50. The van der Waals surface area contributed by atoms with Crippen LogP contribution < -0.4 is 0 Å². The van der Waals surface area contributed by atoms with Gasteiger partial charge >= 0.3 is 0 Å². The van der Waals surface area contributed by atoms with Gasteiger partial charge in [-0.1, -0.05) is 19.6 Å². The first-order valence-corrected chi connectivity index (χ1v) is 12.0. The number of carbonyl (C=O) groups is 1. The smallest absolute Gasteiger partial charge is 0.180 e. The van der Waals surface area contributed by atoms with E-state index in [0.29, 0.717) is 30.4 Å². The molecule has 0 atom stereocenters. The highest BCUT2D eigenvalue weighted by molar-refractivity contribution is 6.76. The Morgan fingerprint density at radius 1 is 1.28 bits per heavy atom. The molecule has 0 amide bonds. The lowest BCUT2D eigenvalue weighted by atomic mass is 10.2. The van der Waals surface area contributed by atoms with Crippen molar-refractivity contribution < 1.29 is 9.53 Å². The number of fused-ring (bicyclic) bond motifs is 1. The van der Waals surface area contributed by atoms with E-state index in [2.05, 4.69) is 34.8 Å². The van der Waals surface area contributed by atoms with Crippen molar-refractivity contribution in [1.82, 2.24) is 24.5 Å². The van der Waals surface area contributed by atoms with Crippen LogP contribution in [0.25, 0.3) is 16.7 Å². The van der Waals surface area contributed by atoms with E-state index in [0.717, 1.165) is 11.4 Å². The van der Waals surface area contributed by atoms with E-state index in [4.69, 9.17) is 4.74 Å². The van der Waals surface area contributed by atoms with E-state index in [1.54, 1.807) is 28.0 Å². The molecule has 8 heteroatoms. The standard InChI is InChI=1S/C17H23N5O2Si/c1-13(23)16-15(21-7-5-6-18-21)10-14-11-19-22(17(14)20-16)12-24-8-9-25(2,3)4/h5-7,10-11H,8-9,12H2,1-4H3. The fraction of sp³-hybridized carbons (Fsp3) is 0.412. The van der Waals surface area contributed by atoms with Gasteiger partial charge in [-0.3, -0.25) is 4.79 Å². The Morgan fingerprint density at radius 3 is 2.72 bits per heavy atom. The van der Waals surface area contributed by atoms with Gasteiger partial charge in [0.2, 0.25) is 0 Å². The molecule has 0 unspecified atom stereocenters. The van der Waals surface area contributed by atoms with Crippen molar-refractivity contribution in [1.29, 1.82) is 0 Å². The number of pyridine rings is 1. The summed E-state index contributed by atoms with van der Waals surface area (Å²) in [5.74, 6) is -0.111. The topological polar surface area (TPSA) is 74.8 Å². The summed E-state index contributed by atoms with van der Waals surface area (Å²) in [7, 11) is -1.12. The molecule has 7 nitrogen and oxygen atoms in total. The van der Waals surface area contributed by atoms with Crippen LogP contribution in [0.1, 0.15) is 17.4 Å². The highest BCUT2D eigenvalue weighted by Crippen LogP contribution is 2.20. The van der Waals surface area contributed by atoms with Crippen LogP contribution in [0, 0.1) is 0 Å². The first-order chi connectivity index (χ1) is 11.8. The Labute approximate surface area is 147 Å². The molecule has 25 heavy (non-hydrogen) atoms. The van der Waals surface area contributed by atoms with Gasteiger partial charge in [0.05, 0.1) is 11.9 Å². The summed E-state index contributed by atoms with van der Waals surface area (Å²) in [5.41, 5.74) is 1.68. The molecular weight excluding hydrogens is 334 g/mol. The van der Waals surface area contributed by atoms with Crippen molar-refractivity contribution in [3.63, 3.8) is 0 Å². The van der Waals surface area contributed by atoms with Gasteiger partial charge in [0, 0.05) is 39.4 Å². The number of carbonyl (C=O) groups excluding carboxylic acids is 1. The maximum absolute atomic E-state index is 12.0. The Balaban J connectivity index is 1.88. The zero-order chi connectivity index (χ0) is 18.0. The Morgan fingerprint density at radius 2 is 2.08 bits per heavy atom. The molecule has 0 aliphatic heterocycles. The van der Waals surface area contributed by atoms with Crippen LogP contribution in [-0.2, 0) is 11.5 Å². The largest absolute Gasteiger partial charge is 0.359 e. The Hall–Kier alpha value is -2.32. The van der Waals surface area contributed by atoms with Crippen molar-refractivity contribution in [2.75, 3.05) is 6.61 Å². The molecule has 0 bridgehead atoms. The fourth-order valence-electron chi connectivity index (χ4n) is 2.47. The number of hydrogen-bond acceptors (Lipinski definition) is 5. The lowest BCUT2D eigenvalue weighted by Gasteiger charge is -2.15. The predicted octanol–water partition coefficient (Wildman–Crippen LogP) is 3.13. The number of ether oxygens (including phenoxy) is 1. The third-order valence-corrected chi connectivity index (χ3v) is 5.59. The lowest BCUT2D eigenvalue weighted by Crippen LogP contribution is -2.22. The normalized spacial score (nSPS) is 12.0. The maximum Gasteiger partial charge on any atom is 0.180 e. The number of aromatic nitrogens is 5. The zero-order valence-electron chi connectivity index (χ0n) is 15.1. The van der Waals surface area contributed by atoms with Crippen LogP contribution in [0.4, 0.5) is 0 Å². The van der Waals surface area contributed by atoms with Gasteiger partial charge in [-0.05, 0) is 18.2 Å². The number of rotatable bonds is 7.